The van der Waals surface area contributed by atoms with Crippen molar-refractivity contribution in [3.63, 3.8) is 0 Å². The number of nitrogens with zero attached hydrogens (tertiary/aromatic N) is 1. The van der Waals surface area contributed by atoms with Crippen LogP contribution in [0.15, 0.2) is 48.5 Å². The Hall–Kier alpha value is -1.94. The highest BCUT2D eigenvalue weighted by Crippen LogP contribution is 2.42. The number of thioether (sulfide) groups is 1. The van der Waals surface area contributed by atoms with Crippen LogP contribution in [0.5, 0.6) is 0 Å². The van der Waals surface area contributed by atoms with Crippen molar-refractivity contribution in [3.05, 3.63) is 59.7 Å². The molecule has 22 heavy (non-hydrogen) atoms. The molecule has 112 valence electrons. The Labute approximate surface area is 134 Å². The molecule has 4 heteroatoms. The Bertz CT molecular complexity index is 720. The molecule has 0 unspecified atom stereocenters. The fourth-order valence-electron chi connectivity index (χ4n) is 3.29. The summed E-state index contributed by atoms with van der Waals surface area (Å²) in [6.45, 7) is 2.07. The first-order valence-electron chi connectivity index (χ1n) is 7.56. The van der Waals surface area contributed by atoms with Gasteiger partial charge in [-0.3, -0.25) is 9.69 Å². The minimum atomic E-state index is -0.300. The summed E-state index contributed by atoms with van der Waals surface area (Å²) in [5.74, 6) is 2.09. The van der Waals surface area contributed by atoms with Crippen LogP contribution < -0.4 is 10.2 Å². The highest BCUT2D eigenvalue weighted by atomic mass is 32.2. The van der Waals surface area contributed by atoms with Gasteiger partial charge in [0.25, 0.3) is 5.91 Å². The van der Waals surface area contributed by atoms with Crippen LogP contribution in [0.1, 0.15) is 22.3 Å². The van der Waals surface area contributed by atoms with Crippen LogP contribution in [0.4, 0.5) is 11.4 Å². The molecule has 2 aliphatic rings. The Morgan fingerprint density at radius 1 is 1.14 bits per heavy atom. The smallest absolute Gasteiger partial charge is 0.262 e. The lowest BCUT2D eigenvalue weighted by molar-refractivity contribution is 0.0959. The first-order valence-corrected chi connectivity index (χ1v) is 8.71. The fourth-order valence-corrected chi connectivity index (χ4v) is 4.60. The van der Waals surface area contributed by atoms with Crippen molar-refractivity contribution in [1.82, 2.24) is 0 Å². The van der Waals surface area contributed by atoms with Crippen LogP contribution >= 0.6 is 11.8 Å². The second kappa shape index (κ2) is 5.06. The van der Waals surface area contributed by atoms with E-state index in [0.717, 1.165) is 34.9 Å². The molecule has 1 atom stereocenters. The maximum atomic E-state index is 13.1. The molecule has 2 aliphatic heterocycles. The van der Waals surface area contributed by atoms with Crippen molar-refractivity contribution >= 4 is 29.0 Å². The maximum absolute atomic E-state index is 13.1. The summed E-state index contributed by atoms with van der Waals surface area (Å²) < 4.78 is 0. The van der Waals surface area contributed by atoms with Gasteiger partial charge < -0.3 is 5.32 Å². The van der Waals surface area contributed by atoms with Gasteiger partial charge in [0.05, 0.1) is 5.56 Å². The molecule has 0 radical (unpaired) electrons. The van der Waals surface area contributed by atoms with Crippen molar-refractivity contribution in [2.45, 2.75) is 19.0 Å². The number of benzene rings is 2. The molecule has 1 saturated heterocycles. The van der Waals surface area contributed by atoms with Gasteiger partial charge in [-0.2, -0.15) is 11.8 Å². The van der Waals surface area contributed by atoms with Gasteiger partial charge in [-0.25, -0.2) is 0 Å². The second-order valence-corrected chi connectivity index (χ2v) is 7.09. The average molecular weight is 310 g/mol. The summed E-state index contributed by atoms with van der Waals surface area (Å²) in [4.78, 5) is 15.1. The Morgan fingerprint density at radius 2 is 1.91 bits per heavy atom. The van der Waals surface area contributed by atoms with Gasteiger partial charge in [-0.15, -0.1) is 0 Å². The normalized spacial score (nSPS) is 23.5. The van der Waals surface area contributed by atoms with E-state index >= 15 is 0 Å². The molecule has 1 fully saturated rings. The standard InChI is InChI=1S/C18H18N2OS/c1-13-6-8-14(9-7-13)20-17(21)15-4-2-3-5-16(15)19-18(20)10-11-22-12-18/h2-9,19H,10-12H2,1H3/t18-/m1/s1. The molecule has 3 nitrogen and oxygen atoms in total. The number of para-hydroxylation sites is 1. The molecule has 2 heterocycles. The van der Waals surface area contributed by atoms with Crippen molar-refractivity contribution in [3.8, 4) is 0 Å². The zero-order chi connectivity index (χ0) is 15.2. The maximum Gasteiger partial charge on any atom is 0.262 e. The van der Waals surface area contributed by atoms with E-state index in [4.69, 9.17) is 0 Å². The highest BCUT2D eigenvalue weighted by molar-refractivity contribution is 7.99. The Balaban J connectivity index is 1.86. The monoisotopic (exact) mass is 310 g/mol. The molecule has 1 spiro atoms. The molecular weight excluding hydrogens is 292 g/mol. The van der Waals surface area contributed by atoms with Gasteiger partial charge in [0, 0.05) is 17.1 Å². The number of hydrogen-bond donors (Lipinski definition) is 1. The number of aryl methyl sites for hydroxylation is 1. The third kappa shape index (κ3) is 2.02. The van der Waals surface area contributed by atoms with E-state index in [9.17, 15) is 4.79 Å². The fraction of sp³-hybridized carbons (Fsp3) is 0.278. The molecule has 0 aliphatic carbocycles. The summed E-state index contributed by atoms with van der Waals surface area (Å²) in [5.41, 5.74) is 3.59. The topological polar surface area (TPSA) is 32.3 Å². The lowest BCUT2D eigenvalue weighted by atomic mass is 9.97. The predicted molar refractivity (Wildman–Crippen MR) is 92.7 cm³/mol. The molecule has 1 N–H and O–H groups in total. The lowest BCUT2D eigenvalue weighted by Gasteiger charge is -2.46. The van der Waals surface area contributed by atoms with E-state index in [1.54, 1.807) is 0 Å². The minimum absolute atomic E-state index is 0.0979. The van der Waals surface area contributed by atoms with Crippen molar-refractivity contribution in [2.24, 2.45) is 0 Å². The zero-order valence-corrected chi connectivity index (χ0v) is 13.3. The summed E-state index contributed by atoms with van der Waals surface area (Å²) in [6.07, 6.45) is 0.964. The Morgan fingerprint density at radius 3 is 2.64 bits per heavy atom. The quantitative estimate of drug-likeness (QED) is 0.867. The Kier molecular flexibility index (Phi) is 3.15. The van der Waals surface area contributed by atoms with Crippen LogP contribution in [0.25, 0.3) is 0 Å². The zero-order valence-electron chi connectivity index (χ0n) is 12.5. The molecule has 1 amide bonds. The number of amides is 1. The van der Waals surface area contributed by atoms with Gasteiger partial charge in [-0.1, -0.05) is 29.8 Å². The van der Waals surface area contributed by atoms with Crippen LogP contribution in [-0.2, 0) is 0 Å². The highest BCUT2D eigenvalue weighted by Gasteiger charge is 2.47. The van der Waals surface area contributed by atoms with Crippen molar-refractivity contribution in [2.75, 3.05) is 21.7 Å². The largest absolute Gasteiger partial charge is 0.361 e. The van der Waals surface area contributed by atoms with E-state index in [-0.39, 0.29) is 11.6 Å². The number of rotatable bonds is 1. The molecule has 0 aromatic heterocycles. The number of fused-ring (bicyclic) bond motifs is 1. The van der Waals surface area contributed by atoms with Gasteiger partial charge in [0.2, 0.25) is 0 Å². The van der Waals surface area contributed by atoms with Crippen LogP contribution in [0.2, 0.25) is 0 Å². The summed E-state index contributed by atoms with van der Waals surface area (Å²) in [7, 11) is 0. The van der Waals surface area contributed by atoms with E-state index in [0.29, 0.717) is 0 Å². The average Bonchev–Trinajstić information content (AvgIpc) is 2.98. The van der Waals surface area contributed by atoms with Crippen molar-refractivity contribution < 1.29 is 4.79 Å². The van der Waals surface area contributed by atoms with E-state index in [1.807, 2.05) is 53.1 Å². The van der Waals surface area contributed by atoms with Crippen molar-refractivity contribution in [1.29, 1.82) is 0 Å². The summed E-state index contributed by atoms with van der Waals surface area (Å²) in [5, 5.41) is 3.65. The second-order valence-electron chi connectivity index (χ2n) is 5.98. The molecule has 2 aromatic carbocycles. The lowest BCUT2D eigenvalue weighted by Crippen LogP contribution is -2.60. The molecule has 2 aromatic rings. The molecule has 4 rings (SSSR count). The summed E-state index contributed by atoms with van der Waals surface area (Å²) in [6, 6.07) is 16.0. The van der Waals surface area contributed by atoms with Gasteiger partial charge in [-0.05, 0) is 43.4 Å². The van der Waals surface area contributed by atoms with E-state index < -0.39 is 0 Å². The number of carbonyl (C=O) groups is 1. The molecule has 0 saturated carbocycles. The third-order valence-electron chi connectivity index (χ3n) is 4.45. The van der Waals surface area contributed by atoms with E-state index in [1.165, 1.54) is 5.56 Å². The number of nitrogens with one attached hydrogen (secondary N) is 1. The van der Waals surface area contributed by atoms with Crippen LogP contribution in [0, 0.1) is 6.92 Å². The number of carbonyl (C=O) groups excluding carboxylic acids is 1. The van der Waals surface area contributed by atoms with Crippen LogP contribution in [-0.4, -0.2) is 23.1 Å². The minimum Gasteiger partial charge on any atom is -0.361 e. The number of hydrogen-bond acceptors (Lipinski definition) is 3. The van der Waals surface area contributed by atoms with E-state index in [2.05, 4.69) is 24.4 Å². The van der Waals surface area contributed by atoms with Gasteiger partial charge >= 0.3 is 0 Å². The van der Waals surface area contributed by atoms with Gasteiger partial charge in [0.1, 0.15) is 5.66 Å². The third-order valence-corrected chi connectivity index (χ3v) is 5.62. The SMILES string of the molecule is Cc1ccc(N2C(=O)c3ccccc3N[C@]23CCSC3)cc1. The van der Waals surface area contributed by atoms with Gasteiger partial charge in [0.15, 0.2) is 0 Å². The predicted octanol–water partition coefficient (Wildman–Crippen LogP) is 3.90. The number of anilines is 2. The summed E-state index contributed by atoms with van der Waals surface area (Å²) >= 11 is 1.90. The molecular formula is C18H18N2OS. The first kappa shape index (κ1) is 13.7. The molecule has 0 bridgehead atoms. The van der Waals surface area contributed by atoms with Crippen LogP contribution in [0.3, 0.4) is 0 Å². The first-order chi connectivity index (χ1) is 10.7.